The highest BCUT2D eigenvalue weighted by Crippen LogP contribution is 2.09. The van der Waals surface area contributed by atoms with E-state index in [9.17, 15) is 9.59 Å². The number of carbonyl (C=O) groups is 2. The lowest BCUT2D eigenvalue weighted by Crippen LogP contribution is -2.47. The molecule has 0 saturated carbocycles. The molecule has 1 N–H and O–H groups in total. The molecular formula is C14H28N2O4. The van der Waals surface area contributed by atoms with Gasteiger partial charge in [0.05, 0.1) is 0 Å². The van der Waals surface area contributed by atoms with E-state index in [1.54, 1.807) is 20.8 Å². The summed E-state index contributed by atoms with van der Waals surface area (Å²) >= 11 is 0. The van der Waals surface area contributed by atoms with E-state index in [-0.39, 0.29) is 5.92 Å². The molecule has 0 saturated heterocycles. The third-order valence-corrected chi connectivity index (χ3v) is 2.38. The highest BCUT2D eigenvalue weighted by atomic mass is 16.6. The van der Waals surface area contributed by atoms with Crippen LogP contribution in [0.2, 0.25) is 0 Å². The molecule has 118 valence electrons. The summed E-state index contributed by atoms with van der Waals surface area (Å²) < 4.78 is 10.3. The Bertz CT molecular complexity index is 322. The van der Waals surface area contributed by atoms with Crippen LogP contribution < -0.4 is 5.32 Å². The van der Waals surface area contributed by atoms with Crippen molar-refractivity contribution in [1.29, 1.82) is 0 Å². The van der Waals surface area contributed by atoms with Gasteiger partial charge in [-0.25, -0.2) is 9.59 Å². The molecule has 0 fully saturated rings. The second kappa shape index (κ2) is 8.09. The molecule has 20 heavy (non-hydrogen) atoms. The van der Waals surface area contributed by atoms with Gasteiger partial charge in [0, 0.05) is 6.54 Å². The third-order valence-electron chi connectivity index (χ3n) is 2.38. The average molecular weight is 288 g/mol. The molecule has 0 aromatic carbocycles. The van der Waals surface area contributed by atoms with Gasteiger partial charge >= 0.3 is 12.1 Å². The molecule has 0 heterocycles. The zero-order valence-electron chi connectivity index (χ0n) is 13.6. The predicted octanol–water partition coefficient (Wildman–Crippen LogP) is 1.64. The number of likely N-dealkylation sites (N-methyl/N-ethyl adjacent to an activating group) is 1. The number of nitrogens with one attached hydrogen (secondary N) is 1. The summed E-state index contributed by atoms with van der Waals surface area (Å²) in [5.74, 6) is -0.512. The average Bonchev–Trinajstić information content (AvgIpc) is 2.22. The van der Waals surface area contributed by atoms with Gasteiger partial charge in [0.15, 0.2) is 0 Å². The van der Waals surface area contributed by atoms with E-state index < -0.39 is 23.7 Å². The van der Waals surface area contributed by atoms with Gasteiger partial charge in [-0.2, -0.15) is 0 Å². The normalized spacial score (nSPS) is 13.2. The van der Waals surface area contributed by atoms with E-state index in [1.165, 1.54) is 0 Å². The number of amides is 1. The predicted molar refractivity (Wildman–Crippen MR) is 77.5 cm³/mol. The lowest BCUT2D eigenvalue weighted by molar-refractivity contribution is -0.147. The van der Waals surface area contributed by atoms with Crippen LogP contribution in [0.3, 0.4) is 0 Å². The summed E-state index contributed by atoms with van der Waals surface area (Å²) in [6.45, 7) is 9.93. The van der Waals surface area contributed by atoms with Gasteiger partial charge in [0.25, 0.3) is 0 Å². The van der Waals surface area contributed by atoms with Crippen LogP contribution in [0.1, 0.15) is 34.6 Å². The summed E-state index contributed by atoms with van der Waals surface area (Å²) in [4.78, 5) is 25.6. The number of esters is 1. The minimum absolute atomic E-state index is 0.0747. The standard InChI is InChI=1S/C14H28N2O4/c1-10(2)11(12(17)19-9-8-16(6)7)15-13(18)20-14(3,4)5/h10-11H,8-9H2,1-7H3,(H,15,18). The molecule has 0 rings (SSSR count). The number of rotatable bonds is 6. The topological polar surface area (TPSA) is 67.9 Å². The van der Waals surface area contributed by atoms with Crippen molar-refractivity contribution in [3.05, 3.63) is 0 Å². The Morgan fingerprint density at radius 1 is 1.20 bits per heavy atom. The van der Waals surface area contributed by atoms with Crippen LogP contribution in [0.5, 0.6) is 0 Å². The van der Waals surface area contributed by atoms with Crippen molar-refractivity contribution in [3.63, 3.8) is 0 Å². The highest BCUT2D eigenvalue weighted by molar-refractivity contribution is 5.81. The second-order valence-electron chi connectivity index (χ2n) is 6.34. The van der Waals surface area contributed by atoms with Crippen LogP contribution in [0.15, 0.2) is 0 Å². The van der Waals surface area contributed by atoms with Crippen molar-refractivity contribution in [2.75, 3.05) is 27.2 Å². The fourth-order valence-corrected chi connectivity index (χ4v) is 1.35. The molecule has 0 aliphatic carbocycles. The molecule has 1 unspecified atom stereocenters. The molecule has 1 atom stereocenters. The van der Waals surface area contributed by atoms with Crippen molar-refractivity contribution in [3.8, 4) is 0 Å². The molecule has 0 bridgehead atoms. The fourth-order valence-electron chi connectivity index (χ4n) is 1.35. The quantitative estimate of drug-likeness (QED) is 0.753. The lowest BCUT2D eigenvalue weighted by Gasteiger charge is -2.24. The fraction of sp³-hybridized carbons (Fsp3) is 0.857. The zero-order valence-corrected chi connectivity index (χ0v) is 13.6. The second-order valence-corrected chi connectivity index (χ2v) is 6.34. The zero-order chi connectivity index (χ0) is 15.9. The largest absolute Gasteiger partial charge is 0.463 e. The van der Waals surface area contributed by atoms with E-state index in [1.807, 2.05) is 32.8 Å². The Balaban J connectivity index is 4.42. The monoisotopic (exact) mass is 288 g/mol. The minimum atomic E-state index is -0.702. The van der Waals surface area contributed by atoms with E-state index in [2.05, 4.69) is 5.32 Å². The number of carbonyl (C=O) groups excluding carboxylic acids is 2. The van der Waals surface area contributed by atoms with E-state index in [4.69, 9.17) is 9.47 Å². The first kappa shape index (κ1) is 18.7. The minimum Gasteiger partial charge on any atom is -0.463 e. The first-order valence-corrected chi connectivity index (χ1v) is 6.84. The van der Waals surface area contributed by atoms with Crippen LogP contribution in [-0.2, 0) is 14.3 Å². The third kappa shape index (κ3) is 8.74. The van der Waals surface area contributed by atoms with Crippen molar-refractivity contribution >= 4 is 12.1 Å². The Morgan fingerprint density at radius 2 is 1.75 bits per heavy atom. The summed E-state index contributed by atoms with van der Waals surface area (Å²) in [5, 5.41) is 2.56. The van der Waals surface area contributed by atoms with Gasteiger partial charge in [0.1, 0.15) is 18.2 Å². The van der Waals surface area contributed by atoms with Crippen molar-refractivity contribution < 1.29 is 19.1 Å². The summed E-state index contributed by atoms with van der Waals surface area (Å²) in [6, 6.07) is -0.702. The van der Waals surface area contributed by atoms with E-state index in [0.29, 0.717) is 13.2 Å². The first-order valence-electron chi connectivity index (χ1n) is 6.84. The summed E-state index contributed by atoms with van der Waals surface area (Å²) in [5.41, 5.74) is -0.597. The Labute approximate surface area is 121 Å². The van der Waals surface area contributed by atoms with Crippen LogP contribution >= 0.6 is 0 Å². The summed E-state index contributed by atoms with van der Waals surface area (Å²) in [6.07, 6.45) is -0.610. The molecule has 0 aromatic rings. The van der Waals surface area contributed by atoms with Gasteiger partial charge in [-0.15, -0.1) is 0 Å². The van der Waals surface area contributed by atoms with Crippen LogP contribution in [0, 0.1) is 5.92 Å². The van der Waals surface area contributed by atoms with Gasteiger partial charge in [-0.1, -0.05) is 13.8 Å². The molecule has 0 radical (unpaired) electrons. The van der Waals surface area contributed by atoms with Crippen LogP contribution in [0.25, 0.3) is 0 Å². The van der Waals surface area contributed by atoms with E-state index >= 15 is 0 Å². The molecular weight excluding hydrogens is 260 g/mol. The number of alkyl carbamates (subject to hydrolysis) is 1. The highest BCUT2D eigenvalue weighted by Gasteiger charge is 2.28. The number of hydrogen-bond acceptors (Lipinski definition) is 5. The SMILES string of the molecule is CC(C)C(NC(=O)OC(C)(C)C)C(=O)OCCN(C)C. The summed E-state index contributed by atoms with van der Waals surface area (Å²) in [7, 11) is 3.79. The van der Waals surface area contributed by atoms with Gasteiger partial charge < -0.3 is 19.7 Å². The first-order chi connectivity index (χ1) is 9.03. The molecule has 0 aliphatic heterocycles. The molecule has 0 aliphatic rings. The molecule has 6 heteroatoms. The van der Waals surface area contributed by atoms with Gasteiger partial charge in [-0.3, -0.25) is 0 Å². The maximum Gasteiger partial charge on any atom is 0.408 e. The van der Waals surface area contributed by atoms with Crippen LogP contribution in [-0.4, -0.2) is 55.9 Å². The van der Waals surface area contributed by atoms with Crippen molar-refractivity contribution in [2.24, 2.45) is 5.92 Å². The maximum absolute atomic E-state index is 12.0. The van der Waals surface area contributed by atoms with Crippen LogP contribution in [0.4, 0.5) is 4.79 Å². The Morgan fingerprint density at radius 3 is 2.15 bits per heavy atom. The maximum atomic E-state index is 12.0. The molecule has 0 spiro atoms. The Hall–Kier alpha value is -1.30. The lowest BCUT2D eigenvalue weighted by atomic mass is 10.1. The molecule has 1 amide bonds. The number of nitrogens with zero attached hydrogens (tertiary/aromatic N) is 1. The van der Waals surface area contributed by atoms with Crippen molar-refractivity contribution in [2.45, 2.75) is 46.3 Å². The number of hydrogen-bond donors (Lipinski definition) is 1. The van der Waals surface area contributed by atoms with Crippen molar-refractivity contribution in [1.82, 2.24) is 10.2 Å². The number of ether oxygens (including phenoxy) is 2. The smallest absolute Gasteiger partial charge is 0.408 e. The molecule has 6 nitrogen and oxygen atoms in total. The van der Waals surface area contributed by atoms with Gasteiger partial charge in [-0.05, 0) is 40.8 Å². The Kier molecular flexibility index (Phi) is 7.57. The van der Waals surface area contributed by atoms with E-state index in [0.717, 1.165) is 0 Å². The van der Waals surface area contributed by atoms with Gasteiger partial charge in [0.2, 0.25) is 0 Å². The molecule has 0 aromatic heterocycles.